The molecule has 0 amide bonds. The molecule has 0 aliphatic rings. The van der Waals surface area contributed by atoms with Crippen molar-refractivity contribution in [3.05, 3.63) is 68.4 Å². The van der Waals surface area contributed by atoms with Crippen LogP contribution in [0.4, 0.5) is 4.39 Å². The van der Waals surface area contributed by atoms with E-state index in [0.29, 0.717) is 12.0 Å². The highest BCUT2D eigenvalue weighted by molar-refractivity contribution is 9.10. The van der Waals surface area contributed by atoms with E-state index in [-0.39, 0.29) is 10.3 Å². The SMILES string of the molecule is Cc1cc(C)c(CC(=O)c2cccc(F)c2Br)c(C)c1. The summed E-state index contributed by atoms with van der Waals surface area (Å²) in [6, 6.07) is 8.67. The predicted octanol–water partition coefficient (Wildman–Crippen LogP) is 4.94. The molecule has 0 spiro atoms. The fourth-order valence-electron chi connectivity index (χ4n) is 2.46. The van der Waals surface area contributed by atoms with E-state index in [4.69, 9.17) is 0 Å². The summed E-state index contributed by atoms with van der Waals surface area (Å²) in [6.45, 7) is 6.04. The highest BCUT2D eigenvalue weighted by atomic mass is 79.9. The fourth-order valence-corrected chi connectivity index (χ4v) is 2.95. The fraction of sp³-hybridized carbons (Fsp3) is 0.235. The summed E-state index contributed by atoms with van der Waals surface area (Å²) >= 11 is 3.15. The first kappa shape index (κ1) is 14.9. The molecule has 0 radical (unpaired) electrons. The van der Waals surface area contributed by atoms with Crippen molar-refractivity contribution in [2.75, 3.05) is 0 Å². The van der Waals surface area contributed by atoms with E-state index in [1.807, 2.05) is 20.8 Å². The van der Waals surface area contributed by atoms with Gasteiger partial charge in [0.25, 0.3) is 0 Å². The average Bonchev–Trinajstić information content (AvgIpc) is 2.36. The van der Waals surface area contributed by atoms with Gasteiger partial charge in [0.05, 0.1) is 4.47 Å². The number of Topliss-reactive ketones (excluding diaryl/α,β-unsaturated/α-hetero) is 1. The van der Waals surface area contributed by atoms with Gasteiger partial charge in [0, 0.05) is 12.0 Å². The van der Waals surface area contributed by atoms with E-state index >= 15 is 0 Å². The maximum atomic E-state index is 13.5. The first-order chi connectivity index (χ1) is 9.40. The third kappa shape index (κ3) is 2.98. The summed E-state index contributed by atoms with van der Waals surface area (Å²) in [5, 5.41) is 0. The lowest BCUT2D eigenvalue weighted by atomic mass is 9.94. The van der Waals surface area contributed by atoms with Crippen LogP contribution in [-0.2, 0) is 6.42 Å². The lowest BCUT2D eigenvalue weighted by Gasteiger charge is -2.11. The maximum absolute atomic E-state index is 13.5. The second kappa shape index (κ2) is 5.88. The van der Waals surface area contributed by atoms with Crippen LogP contribution in [0, 0.1) is 26.6 Å². The second-order valence-corrected chi connectivity index (χ2v) is 5.87. The summed E-state index contributed by atoms with van der Waals surface area (Å²) in [6.07, 6.45) is 0.292. The van der Waals surface area contributed by atoms with E-state index in [9.17, 15) is 9.18 Å². The molecule has 0 N–H and O–H groups in total. The van der Waals surface area contributed by atoms with Crippen molar-refractivity contribution in [1.29, 1.82) is 0 Å². The minimum absolute atomic E-state index is 0.0774. The van der Waals surface area contributed by atoms with Crippen LogP contribution in [0.25, 0.3) is 0 Å². The third-order valence-corrected chi connectivity index (χ3v) is 4.24. The maximum Gasteiger partial charge on any atom is 0.168 e. The van der Waals surface area contributed by atoms with Gasteiger partial charge in [0.2, 0.25) is 0 Å². The predicted molar refractivity (Wildman–Crippen MR) is 82.8 cm³/mol. The summed E-state index contributed by atoms with van der Waals surface area (Å²) in [5.74, 6) is -0.486. The Hall–Kier alpha value is -1.48. The van der Waals surface area contributed by atoms with Crippen LogP contribution in [0.2, 0.25) is 0 Å². The van der Waals surface area contributed by atoms with Crippen LogP contribution in [0.5, 0.6) is 0 Å². The Morgan fingerprint density at radius 1 is 1.15 bits per heavy atom. The van der Waals surface area contributed by atoms with Crippen molar-refractivity contribution in [3.8, 4) is 0 Å². The van der Waals surface area contributed by atoms with E-state index in [1.165, 1.54) is 11.6 Å². The summed E-state index contributed by atoms with van der Waals surface area (Å²) in [7, 11) is 0. The van der Waals surface area contributed by atoms with Gasteiger partial charge in [-0.2, -0.15) is 0 Å². The lowest BCUT2D eigenvalue weighted by Crippen LogP contribution is -2.08. The number of aryl methyl sites for hydroxylation is 3. The van der Waals surface area contributed by atoms with Gasteiger partial charge in [-0.25, -0.2) is 4.39 Å². The Morgan fingerprint density at radius 2 is 1.75 bits per heavy atom. The van der Waals surface area contributed by atoms with Gasteiger partial charge in [-0.3, -0.25) is 4.79 Å². The largest absolute Gasteiger partial charge is 0.294 e. The summed E-state index contributed by atoms with van der Waals surface area (Å²) < 4.78 is 13.7. The van der Waals surface area contributed by atoms with Crippen molar-refractivity contribution >= 4 is 21.7 Å². The smallest absolute Gasteiger partial charge is 0.168 e. The Balaban J connectivity index is 2.36. The molecule has 0 fully saturated rings. The normalized spacial score (nSPS) is 10.7. The average molecular weight is 335 g/mol. The Bertz CT molecular complexity index is 654. The van der Waals surface area contributed by atoms with Crippen LogP contribution in [0.1, 0.15) is 32.6 Å². The van der Waals surface area contributed by atoms with E-state index in [2.05, 4.69) is 28.1 Å². The number of rotatable bonds is 3. The number of hydrogen-bond donors (Lipinski definition) is 0. The molecule has 0 unspecified atom stereocenters. The minimum atomic E-state index is -0.409. The van der Waals surface area contributed by atoms with Crippen molar-refractivity contribution < 1.29 is 9.18 Å². The quantitative estimate of drug-likeness (QED) is 0.726. The molecule has 0 saturated heterocycles. The van der Waals surface area contributed by atoms with Gasteiger partial charge < -0.3 is 0 Å². The molecule has 0 aromatic heterocycles. The van der Waals surface area contributed by atoms with Crippen molar-refractivity contribution in [2.45, 2.75) is 27.2 Å². The molecule has 1 nitrogen and oxygen atoms in total. The highest BCUT2D eigenvalue weighted by Crippen LogP contribution is 2.24. The van der Waals surface area contributed by atoms with Crippen molar-refractivity contribution in [1.82, 2.24) is 0 Å². The number of hydrogen-bond acceptors (Lipinski definition) is 1. The molecule has 3 heteroatoms. The van der Waals surface area contributed by atoms with E-state index < -0.39 is 5.82 Å². The third-order valence-electron chi connectivity index (χ3n) is 3.43. The Kier molecular flexibility index (Phi) is 4.39. The number of carbonyl (C=O) groups excluding carboxylic acids is 1. The topological polar surface area (TPSA) is 17.1 Å². The summed E-state index contributed by atoms with van der Waals surface area (Å²) in [5.41, 5.74) is 4.80. The summed E-state index contributed by atoms with van der Waals surface area (Å²) in [4.78, 5) is 12.4. The van der Waals surface area contributed by atoms with Crippen LogP contribution >= 0.6 is 15.9 Å². The van der Waals surface area contributed by atoms with Crippen molar-refractivity contribution in [2.24, 2.45) is 0 Å². The van der Waals surface area contributed by atoms with Gasteiger partial charge in [0.1, 0.15) is 5.82 Å². The van der Waals surface area contributed by atoms with Crippen LogP contribution in [0.15, 0.2) is 34.8 Å². The van der Waals surface area contributed by atoms with Crippen molar-refractivity contribution in [3.63, 3.8) is 0 Å². The first-order valence-corrected chi connectivity index (χ1v) is 7.23. The zero-order valence-electron chi connectivity index (χ0n) is 11.8. The Labute approximate surface area is 127 Å². The molecular formula is C17H16BrFO. The minimum Gasteiger partial charge on any atom is -0.294 e. The van der Waals surface area contributed by atoms with Crippen LogP contribution in [0.3, 0.4) is 0 Å². The standard InChI is InChI=1S/C17H16BrFO/c1-10-7-11(2)14(12(3)8-10)9-16(20)13-5-4-6-15(19)17(13)18/h4-8H,9H2,1-3H3. The number of halogens is 2. The second-order valence-electron chi connectivity index (χ2n) is 5.08. The molecule has 0 aliphatic heterocycles. The van der Waals surface area contributed by atoms with Gasteiger partial charge in [-0.05, 0) is 59.5 Å². The van der Waals surface area contributed by atoms with Gasteiger partial charge >= 0.3 is 0 Å². The molecular weight excluding hydrogens is 319 g/mol. The van der Waals surface area contributed by atoms with Gasteiger partial charge in [-0.1, -0.05) is 29.8 Å². The molecule has 104 valence electrons. The van der Waals surface area contributed by atoms with E-state index in [1.54, 1.807) is 12.1 Å². The molecule has 0 atom stereocenters. The van der Waals surface area contributed by atoms with Crippen LogP contribution < -0.4 is 0 Å². The lowest BCUT2D eigenvalue weighted by molar-refractivity contribution is 0.0991. The Morgan fingerprint density at radius 3 is 2.35 bits per heavy atom. The zero-order valence-corrected chi connectivity index (χ0v) is 13.3. The molecule has 0 heterocycles. The molecule has 2 aromatic rings. The number of carbonyl (C=O) groups is 1. The number of ketones is 1. The van der Waals surface area contributed by atoms with Crippen LogP contribution in [-0.4, -0.2) is 5.78 Å². The van der Waals surface area contributed by atoms with E-state index in [0.717, 1.165) is 16.7 Å². The molecule has 2 aromatic carbocycles. The highest BCUT2D eigenvalue weighted by Gasteiger charge is 2.15. The number of benzene rings is 2. The molecule has 2 rings (SSSR count). The monoisotopic (exact) mass is 334 g/mol. The van der Waals surface area contributed by atoms with Gasteiger partial charge in [-0.15, -0.1) is 0 Å². The molecule has 20 heavy (non-hydrogen) atoms. The first-order valence-electron chi connectivity index (χ1n) is 6.44. The molecule has 0 aliphatic carbocycles. The van der Waals surface area contributed by atoms with Gasteiger partial charge in [0.15, 0.2) is 5.78 Å². The molecule has 0 bridgehead atoms. The zero-order chi connectivity index (χ0) is 14.9. The molecule has 0 saturated carbocycles.